The van der Waals surface area contributed by atoms with E-state index >= 15 is 0 Å². The molecule has 0 aromatic heterocycles. The van der Waals surface area contributed by atoms with Gasteiger partial charge in [-0.25, -0.2) is 0 Å². The number of anilines is 1. The molecule has 1 aliphatic rings. The Morgan fingerprint density at radius 3 is 2.60 bits per heavy atom. The zero-order valence-electron chi connectivity index (χ0n) is 11.4. The zero-order valence-corrected chi connectivity index (χ0v) is 11.4. The Kier molecular flexibility index (Phi) is 3.50. The van der Waals surface area contributed by atoms with Gasteiger partial charge in [0.05, 0.1) is 11.4 Å². The average molecular weight is 264 g/mol. The first-order valence-corrected chi connectivity index (χ1v) is 6.72. The molecule has 3 heteroatoms. The number of aliphatic imine (C=N–C) groups is 1. The molecule has 0 fully saturated rings. The van der Waals surface area contributed by atoms with E-state index in [1.165, 1.54) is 0 Å². The van der Waals surface area contributed by atoms with Gasteiger partial charge in [-0.3, -0.25) is 4.99 Å². The lowest BCUT2D eigenvalue weighted by atomic mass is 10.3. The van der Waals surface area contributed by atoms with Crippen LogP contribution in [0.25, 0.3) is 0 Å². The second-order valence-electron chi connectivity index (χ2n) is 4.43. The summed E-state index contributed by atoms with van der Waals surface area (Å²) in [4.78, 5) is 6.52. The van der Waals surface area contributed by atoms with Gasteiger partial charge in [0.25, 0.3) is 0 Å². The number of allylic oxidation sites excluding steroid dienone is 1. The molecular weight excluding hydrogens is 248 g/mol. The standard InChI is InChI=1S/C17H16N2O/c1-2-19-15-10-6-7-11-16(15)20-17(19)12-13-18-14-8-4-3-5-9-14/h3-13H,2H2,1H3. The molecule has 0 unspecified atom stereocenters. The number of hydrogen-bond donors (Lipinski definition) is 0. The first kappa shape index (κ1) is 12.5. The summed E-state index contributed by atoms with van der Waals surface area (Å²) in [6.45, 7) is 2.97. The van der Waals surface area contributed by atoms with E-state index in [1.807, 2.05) is 54.6 Å². The third-order valence-corrected chi connectivity index (χ3v) is 3.15. The van der Waals surface area contributed by atoms with Gasteiger partial charge < -0.3 is 9.64 Å². The fraction of sp³-hybridized carbons (Fsp3) is 0.118. The van der Waals surface area contributed by atoms with Crippen LogP contribution in [0.2, 0.25) is 0 Å². The Balaban J connectivity index is 1.81. The maximum Gasteiger partial charge on any atom is 0.202 e. The van der Waals surface area contributed by atoms with Crippen molar-refractivity contribution in [3.05, 3.63) is 66.6 Å². The number of rotatable bonds is 3. The van der Waals surface area contributed by atoms with Gasteiger partial charge in [-0.2, -0.15) is 0 Å². The molecule has 0 amide bonds. The number of benzene rings is 2. The Morgan fingerprint density at radius 2 is 1.80 bits per heavy atom. The van der Waals surface area contributed by atoms with Crippen molar-refractivity contribution in [2.45, 2.75) is 6.92 Å². The van der Waals surface area contributed by atoms with Crippen LogP contribution in [-0.4, -0.2) is 12.8 Å². The van der Waals surface area contributed by atoms with Crippen LogP contribution in [0.3, 0.4) is 0 Å². The Bertz CT molecular complexity index is 647. The molecule has 0 saturated carbocycles. The van der Waals surface area contributed by atoms with E-state index in [9.17, 15) is 0 Å². The molecule has 1 aliphatic heterocycles. The fourth-order valence-corrected chi connectivity index (χ4v) is 2.20. The summed E-state index contributed by atoms with van der Waals surface area (Å²) in [5, 5.41) is 0. The first-order chi connectivity index (χ1) is 9.88. The molecule has 0 bridgehead atoms. The van der Waals surface area contributed by atoms with Crippen molar-refractivity contribution in [2.24, 2.45) is 4.99 Å². The third-order valence-electron chi connectivity index (χ3n) is 3.15. The number of fused-ring (bicyclic) bond motifs is 1. The topological polar surface area (TPSA) is 24.8 Å². The van der Waals surface area contributed by atoms with Crippen molar-refractivity contribution in [2.75, 3.05) is 11.4 Å². The minimum atomic E-state index is 0.813. The van der Waals surface area contributed by atoms with Crippen molar-refractivity contribution in [3.63, 3.8) is 0 Å². The van der Waals surface area contributed by atoms with Crippen LogP contribution in [0, 0.1) is 0 Å². The Morgan fingerprint density at radius 1 is 1.05 bits per heavy atom. The molecule has 0 spiro atoms. The van der Waals surface area contributed by atoms with E-state index in [1.54, 1.807) is 6.21 Å². The summed E-state index contributed by atoms with van der Waals surface area (Å²) in [5.41, 5.74) is 2.04. The molecule has 20 heavy (non-hydrogen) atoms. The van der Waals surface area contributed by atoms with Crippen LogP contribution >= 0.6 is 0 Å². The SMILES string of the molecule is CCN1C(=CC=Nc2ccccc2)Oc2ccccc21. The van der Waals surface area contributed by atoms with Crippen LogP contribution in [0.1, 0.15) is 6.92 Å². The summed E-state index contributed by atoms with van der Waals surface area (Å²) in [5.74, 6) is 1.71. The van der Waals surface area contributed by atoms with Crippen LogP contribution < -0.4 is 9.64 Å². The fourth-order valence-electron chi connectivity index (χ4n) is 2.20. The summed E-state index contributed by atoms with van der Waals surface area (Å²) < 4.78 is 5.84. The smallest absolute Gasteiger partial charge is 0.202 e. The van der Waals surface area contributed by atoms with Crippen molar-refractivity contribution in [1.29, 1.82) is 0 Å². The largest absolute Gasteiger partial charge is 0.439 e. The molecule has 0 aliphatic carbocycles. The first-order valence-electron chi connectivity index (χ1n) is 6.72. The van der Waals surface area contributed by atoms with E-state index in [0.717, 1.165) is 29.6 Å². The second kappa shape index (κ2) is 5.61. The Hall–Kier alpha value is -2.55. The van der Waals surface area contributed by atoms with E-state index in [-0.39, 0.29) is 0 Å². The highest BCUT2D eigenvalue weighted by molar-refractivity contribution is 5.78. The molecule has 0 N–H and O–H groups in total. The second-order valence-corrected chi connectivity index (χ2v) is 4.43. The quantitative estimate of drug-likeness (QED) is 0.778. The van der Waals surface area contributed by atoms with Gasteiger partial charge in [0.1, 0.15) is 0 Å². The number of hydrogen-bond acceptors (Lipinski definition) is 3. The summed E-state index contributed by atoms with van der Waals surface area (Å²) in [6.07, 6.45) is 3.68. The van der Waals surface area contributed by atoms with Crippen LogP contribution in [0.15, 0.2) is 71.5 Å². The number of para-hydroxylation sites is 3. The molecule has 0 saturated heterocycles. The van der Waals surface area contributed by atoms with Gasteiger partial charge in [-0.05, 0) is 31.2 Å². The lowest BCUT2D eigenvalue weighted by molar-refractivity contribution is 0.441. The molecule has 0 atom stereocenters. The molecule has 2 aromatic carbocycles. The van der Waals surface area contributed by atoms with Crippen molar-refractivity contribution < 1.29 is 4.74 Å². The van der Waals surface area contributed by atoms with E-state index in [4.69, 9.17) is 4.74 Å². The summed E-state index contributed by atoms with van der Waals surface area (Å²) >= 11 is 0. The monoisotopic (exact) mass is 264 g/mol. The van der Waals surface area contributed by atoms with Gasteiger partial charge in [0.2, 0.25) is 5.88 Å². The lowest BCUT2D eigenvalue weighted by Gasteiger charge is -2.14. The predicted molar refractivity (Wildman–Crippen MR) is 82.8 cm³/mol. The number of nitrogens with zero attached hydrogens (tertiary/aromatic N) is 2. The molecule has 3 rings (SSSR count). The Labute approximate surface area is 118 Å². The van der Waals surface area contributed by atoms with E-state index < -0.39 is 0 Å². The van der Waals surface area contributed by atoms with Crippen LogP contribution in [0.5, 0.6) is 5.75 Å². The average Bonchev–Trinajstić information content (AvgIpc) is 2.86. The van der Waals surface area contributed by atoms with Gasteiger partial charge in [-0.1, -0.05) is 30.3 Å². The minimum absolute atomic E-state index is 0.813. The van der Waals surface area contributed by atoms with Gasteiger partial charge >= 0.3 is 0 Å². The van der Waals surface area contributed by atoms with Crippen molar-refractivity contribution in [1.82, 2.24) is 0 Å². The number of ether oxygens (including phenoxy) is 1. The summed E-state index contributed by atoms with van der Waals surface area (Å²) in [6, 6.07) is 17.9. The normalized spacial score (nSPS) is 15.7. The van der Waals surface area contributed by atoms with Gasteiger partial charge in [-0.15, -0.1) is 0 Å². The van der Waals surface area contributed by atoms with Crippen LogP contribution in [0.4, 0.5) is 11.4 Å². The third kappa shape index (κ3) is 2.43. The van der Waals surface area contributed by atoms with E-state index in [2.05, 4.69) is 22.9 Å². The molecule has 1 heterocycles. The zero-order chi connectivity index (χ0) is 13.8. The maximum atomic E-state index is 5.84. The maximum absolute atomic E-state index is 5.84. The van der Waals surface area contributed by atoms with Gasteiger partial charge in [0, 0.05) is 18.8 Å². The predicted octanol–water partition coefficient (Wildman–Crippen LogP) is 4.15. The molecular formula is C17H16N2O. The molecule has 100 valence electrons. The van der Waals surface area contributed by atoms with Gasteiger partial charge in [0.15, 0.2) is 5.75 Å². The molecule has 2 aromatic rings. The molecule has 3 nitrogen and oxygen atoms in total. The van der Waals surface area contributed by atoms with E-state index in [0.29, 0.717) is 0 Å². The summed E-state index contributed by atoms with van der Waals surface area (Å²) in [7, 11) is 0. The van der Waals surface area contributed by atoms with Crippen LogP contribution in [-0.2, 0) is 0 Å². The highest BCUT2D eigenvalue weighted by atomic mass is 16.5. The highest BCUT2D eigenvalue weighted by Gasteiger charge is 2.23. The van der Waals surface area contributed by atoms with Crippen molar-refractivity contribution in [3.8, 4) is 5.75 Å². The minimum Gasteiger partial charge on any atom is -0.439 e. The lowest BCUT2D eigenvalue weighted by Crippen LogP contribution is -2.19. The van der Waals surface area contributed by atoms with Crippen molar-refractivity contribution >= 4 is 17.6 Å². The molecule has 0 radical (unpaired) electrons. The highest BCUT2D eigenvalue weighted by Crippen LogP contribution is 2.37.